The number of nitrogens with zero attached hydrogens (tertiary/aromatic N) is 4. The molecule has 0 spiro atoms. The lowest BCUT2D eigenvalue weighted by Crippen LogP contribution is -2.26. The maximum atomic E-state index is 12.5. The summed E-state index contributed by atoms with van der Waals surface area (Å²) < 4.78 is 1.87. The van der Waals surface area contributed by atoms with Gasteiger partial charge >= 0.3 is 0 Å². The molecule has 124 valence electrons. The highest BCUT2D eigenvalue weighted by Gasteiger charge is 2.13. The number of hydrogen-bond donors (Lipinski definition) is 0. The molecule has 1 amide bonds. The number of carbonyl (C=O) groups is 1. The van der Waals surface area contributed by atoms with Crippen LogP contribution >= 0.6 is 0 Å². The first-order chi connectivity index (χ1) is 12.2. The fourth-order valence-electron chi connectivity index (χ4n) is 2.60. The van der Waals surface area contributed by atoms with Gasteiger partial charge in [-0.2, -0.15) is 10.4 Å². The van der Waals surface area contributed by atoms with E-state index >= 15 is 0 Å². The van der Waals surface area contributed by atoms with Gasteiger partial charge in [-0.1, -0.05) is 30.3 Å². The van der Waals surface area contributed by atoms with Gasteiger partial charge in [0.1, 0.15) is 0 Å². The van der Waals surface area contributed by atoms with E-state index in [0.29, 0.717) is 24.2 Å². The van der Waals surface area contributed by atoms with Crippen molar-refractivity contribution in [2.24, 2.45) is 0 Å². The molecule has 1 heterocycles. The van der Waals surface area contributed by atoms with Crippen LogP contribution in [0.1, 0.15) is 27.0 Å². The molecule has 0 aliphatic carbocycles. The molecule has 0 aliphatic heterocycles. The van der Waals surface area contributed by atoms with Gasteiger partial charge in [0, 0.05) is 30.9 Å². The van der Waals surface area contributed by atoms with Crippen LogP contribution in [-0.2, 0) is 13.1 Å². The normalized spacial score (nSPS) is 10.2. The number of amides is 1. The van der Waals surface area contributed by atoms with E-state index in [4.69, 9.17) is 5.26 Å². The van der Waals surface area contributed by atoms with Gasteiger partial charge in [-0.25, -0.2) is 0 Å². The molecule has 0 N–H and O–H groups in total. The third-order valence-corrected chi connectivity index (χ3v) is 3.90. The summed E-state index contributed by atoms with van der Waals surface area (Å²) in [5.74, 6) is -0.0831. The van der Waals surface area contributed by atoms with Crippen LogP contribution in [0.2, 0.25) is 0 Å². The summed E-state index contributed by atoms with van der Waals surface area (Å²) in [7, 11) is 1.76. The largest absolute Gasteiger partial charge is 0.337 e. The average molecular weight is 330 g/mol. The molecule has 0 saturated heterocycles. The zero-order chi connectivity index (χ0) is 17.6. The summed E-state index contributed by atoms with van der Waals surface area (Å²) in [5, 5.41) is 13.2. The maximum absolute atomic E-state index is 12.5. The van der Waals surface area contributed by atoms with Crippen LogP contribution in [0.5, 0.6) is 0 Å². The first-order valence-electron chi connectivity index (χ1n) is 7.96. The van der Waals surface area contributed by atoms with Crippen LogP contribution < -0.4 is 0 Å². The van der Waals surface area contributed by atoms with Crippen LogP contribution in [0.4, 0.5) is 0 Å². The van der Waals surface area contributed by atoms with Gasteiger partial charge in [0.15, 0.2) is 0 Å². The number of aromatic nitrogens is 2. The van der Waals surface area contributed by atoms with Crippen LogP contribution in [0, 0.1) is 11.3 Å². The van der Waals surface area contributed by atoms with Crippen molar-refractivity contribution in [3.63, 3.8) is 0 Å². The topological polar surface area (TPSA) is 61.9 Å². The van der Waals surface area contributed by atoms with Crippen molar-refractivity contribution in [1.29, 1.82) is 5.26 Å². The molecule has 0 bridgehead atoms. The fraction of sp³-hybridized carbons (Fsp3) is 0.150. The minimum absolute atomic E-state index is 0.0831. The Morgan fingerprint density at radius 3 is 2.52 bits per heavy atom. The van der Waals surface area contributed by atoms with E-state index in [-0.39, 0.29) is 5.91 Å². The van der Waals surface area contributed by atoms with E-state index < -0.39 is 0 Å². The van der Waals surface area contributed by atoms with Crippen molar-refractivity contribution < 1.29 is 4.79 Å². The smallest absolute Gasteiger partial charge is 0.253 e. The van der Waals surface area contributed by atoms with Crippen LogP contribution in [0.15, 0.2) is 67.0 Å². The van der Waals surface area contributed by atoms with E-state index in [1.807, 2.05) is 35.1 Å². The third-order valence-electron chi connectivity index (χ3n) is 3.90. The van der Waals surface area contributed by atoms with E-state index in [1.165, 1.54) is 5.56 Å². The number of hydrogen-bond acceptors (Lipinski definition) is 3. The minimum Gasteiger partial charge on any atom is -0.337 e. The van der Waals surface area contributed by atoms with Crippen molar-refractivity contribution in [3.05, 3.63) is 89.2 Å². The standard InChI is InChI=1S/C20H18N4O/c1-23(20(25)19-9-7-16(11-21)8-10-19)13-18-12-22-24(15-18)14-17-5-3-2-4-6-17/h2-10,12,15H,13-14H2,1H3. The Balaban J connectivity index is 1.63. The van der Waals surface area contributed by atoms with Crippen molar-refractivity contribution >= 4 is 5.91 Å². The molecule has 1 aromatic heterocycles. The van der Waals surface area contributed by atoms with Gasteiger partial charge in [0.05, 0.1) is 24.4 Å². The Morgan fingerprint density at radius 1 is 1.12 bits per heavy atom. The Hall–Kier alpha value is -3.39. The van der Waals surface area contributed by atoms with E-state index in [9.17, 15) is 4.79 Å². The van der Waals surface area contributed by atoms with Gasteiger partial charge < -0.3 is 4.90 Å². The highest BCUT2D eigenvalue weighted by atomic mass is 16.2. The molecule has 5 nitrogen and oxygen atoms in total. The molecule has 0 saturated carbocycles. The monoisotopic (exact) mass is 330 g/mol. The van der Waals surface area contributed by atoms with E-state index in [1.54, 1.807) is 42.4 Å². The summed E-state index contributed by atoms with van der Waals surface area (Å²) in [5.41, 5.74) is 3.26. The second kappa shape index (κ2) is 7.45. The molecule has 0 fully saturated rings. The molecular formula is C20H18N4O. The summed E-state index contributed by atoms with van der Waals surface area (Å²) in [6, 6.07) is 18.8. The SMILES string of the molecule is CN(Cc1cnn(Cc2ccccc2)c1)C(=O)c1ccc(C#N)cc1. The molecule has 0 radical (unpaired) electrons. The van der Waals surface area contributed by atoms with Crippen LogP contribution in [-0.4, -0.2) is 27.6 Å². The highest BCUT2D eigenvalue weighted by molar-refractivity contribution is 5.94. The predicted octanol–water partition coefficient (Wildman–Crippen LogP) is 3.08. The van der Waals surface area contributed by atoms with Gasteiger partial charge in [-0.05, 0) is 29.8 Å². The van der Waals surface area contributed by atoms with Crippen molar-refractivity contribution in [2.45, 2.75) is 13.1 Å². The van der Waals surface area contributed by atoms with E-state index in [0.717, 1.165) is 5.56 Å². The van der Waals surface area contributed by atoms with Gasteiger partial charge in [0.25, 0.3) is 5.91 Å². The molecule has 0 aliphatic rings. The Kier molecular flexibility index (Phi) is 4.91. The lowest BCUT2D eigenvalue weighted by molar-refractivity contribution is 0.0785. The lowest BCUT2D eigenvalue weighted by Gasteiger charge is -2.16. The average Bonchev–Trinajstić information content (AvgIpc) is 3.08. The molecular weight excluding hydrogens is 312 g/mol. The number of benzene rings is 2. The summed E-state index contributed by atoms with van der Waals surface area (Å²) in [6.07, 6.45) is 3.74. The van der Waals surface area contributed by atoms with Crippen LogP contribution in [0.25, 0.3) is 0 Å². The summed E-state index contributed by atoms with van der Waals surface area (Å²) >= 11 is 0. The molecule has 25 heavy (non-hydrogen) atoms. The Labute approximate surface area is 146 Å². The van der Waals surface area contributed by atoms with Crippen molar-refractivity contribution in [2.75, 3.05) is 7.05 Å². The van der Waals surface area contributed by atoms with Gasteiger partial charge in [-0.15, -0.1) is 0 Å². The van der Waals surface area contributed by atoms with Crippen molar-refractivity contribution in [1.82, 2.24) is 14.7 Å². The maximum Gasteiger partial charge on any atom is 0.253 e. The zero-order valence-corrected chi connectivity index (χ0v) is 14.0. The number of rotatable bonds is 5. The zero-order valence-electron chi connectivity index (χ0n) is 14.0. The fourth-order valence-corrected chi connectivity index (χ4v) is 2.60. The van der Waals surface area contributed by atoms with Gasteiger partial charge in [0.2, 0.25) is 0 Å². The third kappa shape index (κ3) is 4.12. The van der Waals surface area contributed by atoms with E-state index in [2.05, 4.69) is 17.2 Å². The molecule has 3 rings (SSSR count). The van der Waals surface area contributed by atoms with Gasteiger partial charge in [-0.3, -0.25) is 9.48 Å². The minimum atomic E-state index is -0.0831. The number of nitriles is 1. The first kappa shape index (κ1) is 16.5. The second-order valence-corrected chi connectivity index (χ2v) is 5.88. The number of carbonyl (C=O) groups excluding carboxylic acids is 1. The van der Waals surface area contributed by atoms with Crippen molar-refractivity contribution in [3.8, 4) is 6.07 Å². The first-order valence-corrected chi connectivity index (χ1v) is 7.96. The second-order valence-electron chi connectivity index (χ2n) is 5.88. The molecule has 0 unspecified atom stereocenters. The molecule has 5 heteroatoms. The molecule has 2 aromatic carbocycles. The molecule has 3 aromatic rings. The van der Waals surface area contributed by atoms with Crippen LogP contribution in [0.3, 0.4) is 0 Å². The summed E-state index contributed by atoms with van der Waals surface area (Å²) in [6.45, 7) is 1.18. The summed E-state index contributed by atoms with van der Waals surface area (Å²) in [4.78, 5) is 14.1. The Bertz CT molecular complexity index is 891. The predicted molar refractivity (Wildman–Crippen MR) is 94.7 cm³/mol. The lowest BCUT2D eigenvalue weighted by atomic mass is 10.1. The molecule has 0 atom stereocenters. The quantitative estimate of drug-likeness (QED) is 0.722. The highest BCUT2D eigenvalue weighted by Crippen LogP contribution is 2.10. The Morgan fingerprint density at radius 2 is 1.84 bits per heavy atom.